The number of benzene rings is 2. The normalized spacial score (nSPS) is 15.9. The Morgan fingerprint density at radius 3 is 2.96 bits per heavy atom. The SMILES string of the molecule is COc1cc(-n2cnnn2)c(Cl)cc1C(=O)N[C@H]1CCCc2ccccc21. The van der Waals surface area contributed by atoms with E-state index in [4.69, 9.17) is 16.3 Å². The molecule has 2 aromatic carbocycles. The Bertz CT molecular complexity index is 974. The molecule has 8 heteroatoms. The van der Waals surface area contributed by atoms with Gasteiger partial charge in [-0.2, -0.15) is 4.68 Å². The van der Waals surface area contributed by atoms with E-state index in [1.807, 2.05) is 12.1 Å². The van der Waals surface area contributed by atoms with Crippen molar-refractivity contribution in [3.63, 3.8) is 0 Å². The van der Waals surface area contributed by atoms with Crippen LogP contribution in [0.1, 0.15) is 40.4 Å². The number of nitrogens with zero attached hydrogens (tertiary/aromatic N) is 4. The summed E-state index contributed by atoms with van der Waals surface area (Å²) in [6, 6.07) is 11.4. The fourth-order valence-corrected chi connectivity index (χ4v) is 3.73. The molecule has 0 saturated carbocycles. The van der Waals surface area contributed by atoms with Crippen LogP contribution in [0.4, 0.5) is 0 Å². The fourth-order valence-electron chi connectivity index (χ4n) is 3.48. The number of tetrazole rings is 1. The van der Waals surface area contributed by atoms with E-state index in [2.05, 4.69) is 33.0 Å². The van der Waals surface area contributed by atoms with Crippen LogP contribution in [0.3, 0.4) is 0 Å². The molecule has 1 aromatic heterocycles. The van der Waals surface area contributed by atoms with Gasteiger partial charge in [0, 0.05) is 6.07 Å². The number of hydrogen-bond donors (Lipinski definition) is 1. The quantitative estimate of drug-likeness (QED) is 0.748. The van der Waals surface area contributed by atoms with Crippen molar-refractivity contribution in [3.05, 3.63) is 64.4 Å². The topological polar surface area (TPSA) is 81.9 Å². The molecule has 7 nitrogen and oxygen atoms in total. The minimum atomic E-state index is -0.223. The highest BCUT2D eigenvalue weighted by molar-refractivity contribution is 6.33. The van der Waals surface area contributed by atoms with Crippen LogP contribution in [0.2, 0.25) is 5.02 Å². The van der Waals surface area contributed by atoms with Gasteiger partial charge < -0.3 is 10.1 Å². The molecule has 1 aliphatic rings. The average Bonchev–Trinajstić information content (AvgIpc) is 3.22. The minimum absolute atomic E-state index is 0.0230. The lowest BCUT2D eigenvalue weighted by molar-refractivity contribution is 0.0929. The van der Waals surface area contributed by atoms with E-state index in [0.29, 0.717) is 22.0 Å². The molecule has 0 aliphatic heterocycles. The molecule has 0 fully saturated rings. The number of aromatic nitrogens is 4. The van der Waals surface area contributed by atoms with Crippen molar-refractivity contribution in [2.24, 2.45) is 0 Å². The first-order chi connectivity index (χ1) is 13.2. The number of amides is 1. The second kappa shape index (κ2) is 7.36. The zero-order valence-corrected chi connectivity index (χ0v) is 15.5. The van der Waals surface area contributed by atoms with Crippen LogP contribution in [0.5, 0.6) is 5.75 Å². The molecule has 0 bridgehead atoms. The molecule has 1 heterocycles. The highest BCUT2D eigenvalue weighted by Gasteiger charge is 2.24. The predicted molar refractivity (Wildman–Crippen MR) is 100 cm³/mol. The van der Waals surface area contributed by atoms with Gasteiger partial charge in [-0.05, 0) is 46.9 Å². The van der Waals surface area contributed by atoms with Crippen LogP contribution in [0.25, 0.3) is 5.69 Å². The summed E-state index contributed by atoms with van der Waals surface area (Å²) >= 11 is 6.37. The number of carbonyl (C=O) groups excluding carboxylic acids is 1. The molecule has 0 spiro atoms. The Morgan fingerprint density at radius 2 is 2.19 bits per heavy atom. The zero-order valence-electron chi connectivity index (χ0n) is 14.7. The van der Waals surface area contributed by atoms with E-state index < -0.39 is 0 Å². The van der Waals surface area contributed by atoms with Crippen LogP contribution in [-0.2, 0) is 6.42 Å². The van der Waals surface area contributed by atoms with Gasteiger partial charge in [-0.25, -0.2) is 0 Å². The van der Waals surface area contributed by atoms with E-state index >= 15 is 0 Å². The van der Waals surface area contributed by atoms with Gasteiger partial charge in [0.2, 0.25) is 0 Å². The summed E-state index contributed by atoms with van der Waals surface area (Å²) in [4.78, 5) is 13.0. The smallest absolute Gasteiger partial charge is 0.255 e. The maximum atomic E-state index is 13.0. The lowest BCUT2D eigenvalue weighted by Gasteiger charge is -2.26. The highest BCUT2D eigenvalue weighted by Crippen LogP contribution is 2.32. The fraction of sp³-hybridized carbons (Fsp3) is 0.263. The second-order valence-corrected chi connectivity index (χ2v) is 6.78. The van der Waals surface area contributed by atoms with Crippen LogP contribution in [-0.4, -0.2) is 33.2 Å². The maximum Gasteiger partial charge on any atom is 0.255 e. The standard InChI is InChI=1S/C19H18ClN5O2/c1-27-18-10-17(25-11-21-23-24-25)15(20)9-14(18)19(26)22-16-8-4-6-12-5-2-3-7-13(12)16/h2-3,5,7,9-11,16H,4,6,8H2,1H3,(H,22,26)/t16-/m0/s1. The summed E-state index contributed by atoms with van der Waals surface area (Å²) in [6.45, 7) is 0. The van der Waals surface area contributed by atoms with Crippen LogP contribution in [0, 0.1) is 0 Å². The van der Waals surface area contributed by atoms with Crippen molar-refractivity contribution in [1.29, 1.82) is 0 Å². The summed E-state index contributed by atoms with van der Waals surface area (Å²) in [7, 11) is 1.51. The van der Waals surface area contributed by atoms with Crippen molar-refractivity contribution in [2.75, 3.05) is 7.11 Å². The molecule has 138 valence electrons. The monoisotopic (exact) mass is 383 g/mol. The first-order valence-corrected chi connectivity index (χ1v) is 9.04. The maximum absolute atomic E-state index is 13.0. The van der Waals surface area contributed by atoms with E-state index in [-0.39, 0.29) is 11.9 Å². The van der Waals surface area contributed by atoms with E-state index in [9.17, 15) is 4.79 Å². The Balaban J connectivity index is 1.64. The summed E-state index contributed by atoms with van der Waals surface area (Å²) in [5.74, 6) is 0.185. The third-order valence-corrected chi connectivity index (χ3v) is 5.09. The number of halogens is 1. The number of carbonyl (C=O) groups is 1. The molecule has 0 radical (unpaired) electrons. The first-order valence-electron chi connectivity index (χ1n) is 8.67. The number of methoxy groups -OCH3 is 1. The number of hydrogen-bond acceptors (Lipinski definition) is 5. The third kappa shape index (κ3) is 3.38. The lowest BCUT2D eigenvalue weighted by atomic mass is 9.87. The van der Waals surface area contributed by atoms with Gasteiger partial charge in [0.1, 0.15) is 12.1 Å². The Morgan fingerprint density at radius 1 is 1.33 bits per heavy atom. The summed E-state index contributed by atoms with van der Waals surface area (Å²) in [6.07, 6.45) is 4.41. The van der Waals surface area contributed by atoms with Gasteiger partial charge >= 0.3 is 0 Å². The molecule has 3 aromatic rings. The molecule has 1 N–H and O–H groups in total. The predicted octanol–water partition coefficient (Wildman–Crippen LogP) is 3.13. The Labute approximate surface area is 161 Å². The molecule has 4 rings (SSSR count). The molecular formula is C19H18ClN5O2. The summed E-state index contributed by atoms with van der Waals surface area (Å²) < 4.78 is 6.84. The van der Waals surface area contributed by atoms with Crippen molar-refractivity contribution >= 4 is 17.5 Å². The van der Waals surface area contributed by atoms with Crippen molar-refractivity contribution in [2.45, 2.75) is 25.3 Å². The van der Waals surface area contributed by atoms with Gasteiger partial charge in [-0.15, -0.1) is 5.10 Å². The van der Waals surface area contributed by atoms with Gasteiger partial charge in [0.25, 0.3) is 5.91 Å². The van der Waals surface area contributed by atoms with Gasteiger partial charge in [0.15, 0.2) is 0 Å². The number of ether oxygens (including phenoxy) is 1. The Hall–Kier alpha value is -2.93. The number of aryl methyl sites for hydroxylation is 1. The van der Waals surface area contributed by atoms with Gasteiger partial charge in [-0.3, -0.25) is 4.79 Å². The average molecular weight is 384 g/mol. The number of fused-ring (bicyclic) bond motifs is 1. The number of nitrogens with one attached hydrogen (secondary N) is 1. The molecular weight excluding hydrogens is 366 g/mol. The van der Waals surface area contributed by atoms with Crippen LogP contribution in [0.15, 0.2) is 42.7 Å². The first kappa shape index (κ1) is 17.5. The lowest BCUT2D eigenvalue weighted by Crippen LogP contribution is -2.31. The van der Waals surface area contributed by atoms with Gasteiger partial charge in [0.05, 0.1) is 29.4 Å². The van der Waals surface area contributed by atoms with E-state index in [1.165, 1.54) is 29.2 Å². The number of rotatable bonds is 4. The molecule has 1 atom stereocenters. The Kier molecular flexibility index (Phi) is 4.77. The molecule has 0 unspecified atom stereocenters. The zero-order chi connectivity index (χ0) is 18.8. The van der Waals surface area contributed by atoms with Crippen LogP contribution < -0.4 is 10.1 Å². The highest BCUT2D eigenvalue weighted by atomic mass is 35.5. The van der Waals surface area contributed by atoms with E-state index in [0.717, 1.165) is 19.3 Å². The van der Waals surface area contributed by atoms with E-state index in [1.54, 1.807) is 12.1 Å². The summed E-state index contributed by atoms with van der Waals surface area (Å²) in [5, 5.41) is 14.5. The molecule has 1 aliphatic carbocycles. The van der Waals surface area contributed by atoms with Crippen LogP contribution >= 0.6 is 11.6 Å². The van der Waals surface area contributed by atoms with Crippen molar-refractivity contribution in [3.8, 4) is 11.4 Å². The summed E-state index contributed by atoms with van der Waals surface area (Å²) in [5.41, 5.74) is 3.38. The third-order valence-electron chi connectivity index (χ3n) is 4.78. The molecule has 0 saturated heterocycles. The minimum Gasteiger partial charge on any atom is -0.496 e. The molecule has 27 heavy (non-hydrogen) atoms. The van der Waals surface area contributed by atoms with Crippen molar-refractivity contribution in [1.82, 2.24) is 25.5 Å². The molecule has 1 amide bonds. The second-order valence-electron chi connectivity index (χ2n) is 6.38. The largest absolute Gasteiger partial charge is 0.496 e. The van der Waals surface area contributed by atoms with Crippen molar-refractivity contribution < 1.29 is 9.53 Å². The van der Waals surface area contributed by atoms with Gasteiger partial charge in [-0.1, -0.05) is 35.9 Å².